The number of nitrogens with zero attached hydrogens (tertiary/aromatic N) is 1. The molecule has 0 N–H and O–H groups in total. The lowest BCUT2D eigenvalue weighted by atomic mass is 9.47. The van der Waals surface area contributed by atoms with Crippen molar-refractivity contribution in [3.63, 3.8) is 0 Å². The van der Waals surface area contributed by atoms with Crippen LogP contribution >= 0.6 is 0 Å². The van der Waals surface area contributed by atoms with Crippen LogP contribution in [0.4, 0.5) is 0 Å². The highest BCUT2D eigenvalue weighted by Crippen LogP contribution is 2.67. The topological polar surface area (TPSA) is 74.3 Å². The van der Waals surface area contributed by atoms with E-state index in [0.717, 1.165) is 93.9 Å². The molecule has 4 aliphatic carbocycles. The minimum Gasteiger partial charge on any atom is -0.463 e. The predicted octanol–water partition coefficient (Wildman–Crippen LogP) is 16.8. The van der Waals surface area contributed by atoms with Crippen LogP contribution in [0.2, 0.25) is 0 Å². The first-order chi connectivity index (χ1) is 34.1. The fourth-order valence-corrected chi connectivity index (χ4v) is 14.1. The van der Waals surface area contributed by atoms with E-state index in [-0.39, 0.29) is 49.0 Å². The SMILES string of the molecule is CC.CCCCC/C=C\C/C=C\CCCCCCCCOCC(CN1CCCCC1)OCCOC(=O)CCCC(=O)OC1CCC2(C)C(=CCC3C2CCC2(C)C(C(CC)CCCC(C)C)CC[C@@H]32)C1. The van der Waals surface area contributed by atoms with Crippen LogP contribution in [0, 0.1) is 46.3 Å². The Morgan fingerprint density at radius 2 is 1.46 bits per heavy atom. The van der Waals surface area contributed by atoms with Gasteiger partial charge in [-0.3, -0.25) is 9.59 Å². The number of hydrogen-bond donors (Lipinski definition) is 0. The second-order valence-electron chi connectivity index (χ2n) is 23.4. The monoisotopic (exact) mass is 978 g/mol. The third kappa shape index (κ3) is 20.4. The Morgan fingerprint density at radius 3 is 2.19 bits per heavy atom. The molecule has 9 atom stereocenters. The Labute approximate surface area is 432 Å². The van der Waals surface area contributed by atoms with Crippen LogP contribution in [-0.4, -0.2) is 75.1 Å². The van der Waals surface area contributed by atoms with Crippen molar-refractivity contribution < 1.29 is 28.5 Å². The molecule has 1 aliphatic heterocycles. The summed E-state index contributed by atoms with van der Waals surface area (Å²) >= 11 is 0. The molecule has 4 fully saturated rings. The molecular formula is C63H111NO6. The van der Waals surface area contributed by atoms with Gasteiger partial charge in [-0.1, -0.05) is 162 Å². The zero-order valence-electron chi connectivity index (χ0n) is 47.1. The molecule has 8 unspecified atom stereocenters. The maximum Gasteiger partial charge on any atom is 0.306 e. The Hall–Kier alpha value is -1.96. The fraction of sp³-hybridized carbons (Fsp3) is 0.873. The molecule has 0 spiro atoms. The number of allylic oxidation sites excluding steroid dienone is 5. The molecule has 1 heterocycles. The average molecular weight is 979 g/mol. The minimum absolute atomic E-state index is 0.0315. The number of piperidine rings is 1. The molecule has 0 radical (unpaired) electrons. The van der Waals surface area contributed by atoms with Crippen molar-refractivity contribution in [2.45, 2.75) is 260 Å². The highest BCUT2D eigenvalue weighted by atomic mass is 16.6. The van der Waals surface area contributed by atoms with Crippen LogP contribution in [0.5, 0.6) is 0 Å². The number of carbonyl (C=O) groups is 2. The van der Waals surface area contributed by atoms with Gasteiger partial charge in [-0.25, -0.2) is 0 Å². The molecule has 3 saturated carbocycles. The summed E-state index contributed by atoms with van der Waals surface area (Å²) in [6, 6.07) is 0. The first-order valence-corrected chi connectivity index (χ1v) is 30.3. The van der Waals surface area contributed by atoms with Crippen LogP contribution in [0.15, 0.2) is 36.0 Å². The number of ether oxygens (including phenoxy) is 4. The van der Waals surface area contributed by atoms with E-state index in [1.165, 1.54) is 141 Å². The molecule has 0 amide bonds. The summed E-state index contributed by atoms with van der Waals surface area (Å²) in [5.74, 6) is 4.58. The Bertz CT molecular complexity index is 1500. The van der Waals surface area contributed by atoms with Gasteiger partial charge in [0.1, 0.15) is 12.7 Å². The molecular weight excluding hydrogens is 867 g/mol. The molecule has 0 aromatic carbocycles. The van der Waals surface area contributed by atoms with E-state index in [2.05, 4.69) is 76.8 Å². The largest absolute Gasteiger partial charge is 0.463 e. The second-order valence-corrected chi connectivity index (χ2v) is 23.4. The zero-order valence-corrected chi connectivity index (χ0v) is 47.1. The molecule has 7 nitrogen and oxygen atoms in total. The van der Waals surface area contributed by atoms with Crippen molar-refractivity contribution in [1.82, 2.24) is 4.90 Å². The first kappa shape index (κ1) is 60.6. The van der Waals surface area contributed by atoms with E-state index in [0.29, 0.717) is 25.0 Å². The van der Waals surface area contributed by atoms with E-state index >= 15 is 0 Å². The van der Waals surface area contributed by atoms with E-state index in [9.17, 15) is 9.59 Å². The third-order valence-corrected chi connectivity index (χ3v) is 18.0. The fourth-order valence-electron chi connectivity index (χ4n) is 14.1. The summed E-state index contributed by atoms with van der Waals surface area (Å²) in [4.78, 5) is 28.2. The quantitative estimate of drug-likeness (QED) is 0.0361. The van der Waals surface area contributed by atoms with Crippen LogP contribution in [0.3, 0.4) is 0 Å². The van der Waals surface area contributed by atoms with Crippen molar-refractivity contribution in [1.29, 1.82) is 0 Å². The summed E-state index contributed by atoms with van der Waals surface area (Å²) in [6.45, 7) is 23.7. The van der Waals surface area contributed by atoms with Gasteiger partial charge in [0.2, 0.25) is 0 Å². The predicted molar refractivity (Wildman–Crippen MR) is 294 cm³/mol. The Morgan fingerprint density at radius 1 is 0.743 bits per heavy atom. The molecule has 7 heteroatoms. The number of rotatable bonds is 34. The lowest BCUT2D eigenvalue weighted by Gasteiger charge is -2.58. The molecule has 70 heavy (non-hydrogen) atoms. The maximum absolute atomic E-state index is 13.1. The second kappa shape index (κ2) is 34.5. The molecule has 5 rings (SSSR count). The minimum atomic E-state index is -0.272. The number of fused-ring (bicyclic) bond motifs is 5. The van der Waals surface area contributed by atoms with E-state index in [1.54, 1.807) is 5.57 Å². The van der Waals surface area contributed by atoms with Gasteiger partial charge < -0.3 is 23.8 Å². The lowest BCUT2D eigenvalue weighted by molar-refractivity contribution is -0.152. The lowest BCUT2D eigenvalue weighted by Crippen LogP contribution is -2.51. The van der Waals surface area contributed by atoms with Crippen molar-refractivity contribution in [2.24, 2.45) is 46.3 Å². The van der Waals surface area contributed by atoms with Crippen LogP contribution in [0.1, 0.15) is 248 Å². The summed E-state index contributed by atoms with van der Waals surface area (Å²) in [5.41, 5.74) is 2.30. The van der Waals surface area contributed by atoms with Gasteiger partial charge in [0, 0.05) is 32.4 Å². The van der Waals surface area contributed by atoms with Gasteiger partial charge in [-0.2, -0.15) is 0 Å². The van der Waals surface area contributed by atoms with Gasteiger partial charge in [0.15, 0.2) is 0 Å². The highest BCUT2D eigenvalue weighted by molar-refractivity contribution is 5.72. The van der Waals surface area contributed by atoms with Crippen LogP contribution in [-0.2, 0) is 28.5 Å². The Balaban J connectivity index is 0.00000526. The molecule has 0 aromatic heterocycles. The maximum atomic E-state index is 13.1. The molecule has 0 aromatic rings. The summed E-state index contributed by atoms with van der Waals surface area (Å²) in [5, 5.41) is 0. The van der Waals surface area contributed by atoms with Crippen molar-refractivity contribution >= 4 is 11.9 Å². The van der Waals surface area contributed by atoms with Gasteiger partial charge >= 0.3 is 11.9 Å². The van der Waals surface area contributed by atoms with E-state index < -0.39 is 0 Å². The van der Waals surface area contributed by atoms with Crippen molar-refractivity contribution in [3.05, 3.63) is 36.0 Å². The van der Waals surface area contributed by atoms with Gasteiger partial charge in [-0.05, 0) is 162 Å². The van der Waals surface area contributed by atoms with Crippen molar-refractivity contribution in [2.75, 3.05) is 46.1 Å². The summed E-state index contributed by atoms with van der Waals surface area (Å²) in [6.07, 6.45) is 46.8. The molecule has 5 aliphatic rings. The zero-order chi connectivity index (χ0) is 50.5. The molecule has 0 bridgehead atoms. The molecule has 1 saturated heterocycles. The normalized spacial score (nSPS) is 27.6. The summed E-state index contributed by atoms with van der Waals surface area (Å²) < 4.78 is 24.1. The number of hydrogen-bond acceptors (Lipinski definition) is 7. The van der Waals surface area contributed by atoms with Crippen LogP contribution < -0.4 is 0 Å². The van der Waals surface area contributed by atoms with Gasteiger partial charge in [0.25, 0.3) is 0 Å². The molecule has 404 valence electrons. The highest BCUT2D eigenvalue weighted by Gasteiger charge is 2.59. The number of unbranched alkanes of at least 4 members (excludes halogenated alkanes) is 9. The standard InChI is InChI=1S/C61H105NO6.C2H6/c1-7-9-10-11-12-13-14-15-16-17-18-19-20-21-22-26-43-65-48-53(47-62-41-24-23-25-42-62)66-44-45-67-58(63)31-28-32-59(64)68-52-37-39-60(5)51(46-52)33-34-54-56-36-35-55(61(56,6)40-38-57(54)60)50(8-2)30-27-29-49(3)4;1-2/h12-13,15-16,33,49-50,52-57H,7-11,14,17-32,34-48H2,1-6H3;1-2H3/b13-12-,16-15-;/t50?,52?,53?,54?,55?,56-,57?,60?,61?;/m0./s1. The summed E-state index contributed by atoms with van der Waals surface area (Å²) in [7, 11) is 0. The number of carbonyl (C=O) groups excluding carboxylic acids is 2. The average Bonchev–Trinajstić information content (AvgIpc) is 3.71. The van der Waals surface area contributed by atoms with E-state index in [1.807, 2.05) is 13.8 Å². The number of likely N-dealkylation sites (tertiary alicyclic amines) is 1. The van der Waals surface area contributed by atoms with Gasteiger partial charge in [0.05, 0.1) is 19.3 Å². The number of esters is 2. The van der Waals surface area contributed by atoms with E-state index in [4.69, 9.17) is 18.9 Å². The first-order valence-electron chi connectivity index (χ1n) is 30.3. The third-order valence-electron chi connectivity index (χ3n) is 18.0. The Kier molecular flexibility index (Phi) is 29.9. The van der Waals surface area contributed by atoms with Crippen LogP contribution in [0.25, 0.3) is 0 Å². The van der Waals surface area contributed by atoms with Crippen molar-refractivity contribution in [3.8, 4) is 0 Å². The van der Waals surface area contributed by atoms with Gasteiger partial charge in [-0.15, -0.1) is 0 Å². The smallest absolute Gasteiger partial charge is 0.306 e.